The summed E-state index contributed by atoms with van der Waals surface area (Å²) in [7, 11) is 1.68. The molecule has 2 unspecified atom stereocenters. The molecule has 2 N–H and O–H groups in total. The van der Waals surface area contributed by atoms with Gasteiger partial charge in [-0.05, 0) is 69.2 Å². The summed E-state index contributed by atoms with van der Waals surface area (Å²) in [6.07, 6.45) is 5.43. The predicted octanol–water partition coefficient (Wildman–Crippen LogP) is 3.46. The summed E-state index contributed by atoms with van der Waals surface area (Å²) in [6.45, 7) is 2.99. The molecule has 2 aliphatic heterocycles. The van der Waals surface area contributed by atoms with E-state index in [1.54, 1.807) is 7.11 Å². The van der Waals surface area contributed by atoms with Crippen LogP contribution >= 0.6 is 0 Å². The minimum absolute atomic E-state index is 0.256. The Morgan fingerprint density at radius 1 is 1.21 bits per heavy atom. The number of alkyl halides is 1. The van der Waals surface area contributed by atoms with Crippen molar-refractivity contribution in [3.63, 3.8) is 0 Å². The Morgan fingerprint density at radius 3 is 2.75 bits per heavy atom. The van der Waals surface area contributed by atoms with E-state index >= 15 is 0 Å². The second-order valence-electron chi connectivity index (χ2n) is 7.01. The number of piperidine rings is 2. The molecule has 4 nitrogen and oxygen atoms in total. The minimum Gasteiger partial charge on any atom is -0.495 e. The number of hydrogen-bond acceptors (Lipinski definition) is 4. The second-order valence-corrected chi connectivity index (χ2v) is 7.01. The highest BCUT2D eigenvalue weighted by Gasteiger charge is 2.33. The quantitative estimate of drug-likeness (QED) is 0.835. The van der Waals surface area contributed by atoms with Gasteiger partial charge < -0.3 is 15.5 Å². The third-order valence-corrected chi connectivity index (χ3v) is 5.62. The number of halogens is 1. The molecule has 2 aliphatic rings. The summed E-state index contributed by atoms with van der Waals surface area (Å²) in [6, 6.07) is 8.19. The zero-order chi connectivity index (χ0) is 16.8. The van der Waals surface area contributed by atoms with Crippen molar-refractivity contribution in [3.05, 3.63) is 24.3 Å². The average molecular weight is 335 g/mol. The van der Waals surface area contributed by atoms with Crippen LogP contribution in [0.1, 0.15) is 32.1 Å². The van der Waals surface area contributed by atoms with Gasteiger partial charge in [0.1, 0.15) is 5.75 Å². The van der Waals surface area contributed by atoms with E-state index < -0.39 is 0 Å². The Bertz CT molecular complexity index is 507. The van der Waals surface area contributed by atoms with E-state index in [1.165, 1.54) is 19.3 Å². The van der Waals surface area contributed by atoms with Gasteiger partial charge in [-0.2, -0.15) is 0 Å². The SMILES string of the molecule is COc1ccccc1NN1CCC(C2CCNCC2)CC1CCF. The number of ether oxygens (including phenoxy) is 1. The zero-order valence-corrected chi connectivity index (χ0v) is 14.6. The van der Waals surface area contributed by atoms with E-state index in [0.717, 1.165) is 49.3 Å². The molecule has 5 heteroatoms. The topological polar surface area (TPSA) is 36.5 Å². The van der Waals surface area contributed by atoms with Gasteiger partial charge in [-0.15, -0.1) is 0 Å². The predicted molar refractivity (Wildman–Crippen MR) is 96.0 cm³/mol. The monoisotopic (exact) mass is 335 g/mol. The fraction of sp³-hybridized carbons (Fsp3) is 0.684. The molecule has 0 amide bonds. The maximum atomic E-state index is 13.1. The van der Waals surface area contributed by atoms with Crippen LogP contribution in [0.15, 0.2) is 24.3 Å². The molecule has 0 saturated carbocycles. The molecular formula is C19H30FN3O. The van der Waals surface area contributed by atoms with Crippen molar-refractivity contribution in [2.45, 2.75) is 38.1 Å². The van der Waals surface area contributed by atoms with Crippen LogP contribution in [0.5, 0.6) is 5.75 Å². The Kier molecular flexibility index (Phi) is 6.32. The Morgan fingerprint density at radius 2 is 2.00 bits per heavy atom. The molecule has 2 atom stereocenters. The van der Waals surface area contributed by atoms with Crippen LogP contribution in [0, 0.1) is 11.8 Å². The van der Waals surface area contributed by atoms with Crippen molar-refractivity contribution in [1.82, 2.24) is 10.3 Å². The van der Waals surface area contributed by atoms with Crippen LogP contribution in [0.4, 0.5) is 10.1 Å². The van der Waals surface area contributed by atoms with Crippen molar-refractivity contribution in [3.8, 4) is 5.75 Å². The van der Waals surface area contributed by atoms with Gasteiger partial charge in [0.25, 0.3) is 0 Å². The number of anilines is 1. The molecule has 134 valence electrons. The number of methoxy groups -OCH3 is 1. The lowest BCUT2D eigenvalue weighted by atomic mass is 9.77. The first kappa shape index (κ1) is 17.5. The molecule has 1 aromatic rings. The Hall–Kier alpha value is -1.33. The molecule has 0 aromatic heterocycles. The lowest BCUT2D eigenvalue weighted by molar-refractivity contribution is 0.0864. The lowest BCUT2D eigenvalue weighted by Gasteiger charge is -2.43. The highest BCUT2D eigenvalue weighted by atomic mass is 19.1. The maximum absolute atomic E-state index is 13.1. The van der Waals surface area contributed by atoms with Gasteiger partial charge in [0.15, 0.2) is 0 Å². The molecule has 0 bridgehead atoms. The number of rotatable bonds is 6. The molecule has 2 saturated heterocycles. The Balaban J connectivity index is 1.65. The first-order chi connectivity index (χ1) is 11.8. The first-order valence-electron chi connectivity index (χ1n) is 9.24. The van der Waals surface area contributed by atoms with Gasteiger partial charge in [0.2, 0.25) is 0 Å². The van der Waals surface area contributed by atoms with E-state index in [1.807, 2.05) is 24.3 Å². The fourth-order valence-corrected chi connectivity index (χ4v) is 4.26. The van der Waals surface area contributed by atoms with Gasteiger partial charge >= 0.3 is 0 Å². The van der Waals surface area contributed by atoms with Crippen molar-refractivity contribution >= 4 is 5.69 Å². The van der Waals surface area contributed by atoms with Crippen LogP contribution in [0.25, 0.3) is 0 Å². The molecule has 1 aromatic carbocycles. The highest BCUT2D eigenvalue weighted by Crippen LogP contribution is 2.35. The second kappa shape index (κ2) is 8.67. The number of nitrogens with zero attached hydrogens (tertiary/aromatic N) is 1. The van der Waals surface area contributed by atoms with E-state index in [0.29, 0.717) is 6.42 Å². The van der Waals surface area contributed by atoms with E-state index in [-0.39, 0.29) is 12.7 Å². The van der Waals surface area contributed by atoms with Gasteiger partial charge in [-0.25, -0.2) is 5.01 Å². The summed E-state index contributed by atoms with van der Waals surface area (Å²) in [5, 5.41) is 5.68. The van der Waals surface area contributed by atoms with Crippen molar-refractivity contribution in [2.75, 3.05) is 38.8 Å². The highest BCUT2D eigenvalue weighted by molar-refractivity contribution is 5.55. The molecule has 0 aliphatic carbocycles. The molecular weight excluding hydrogens is 305 g/mol. The number of hydrogen-bond donors (Lipinski definition) is 2. The third kappa shape index (κ3) is 4.19. The van der Waals surface area contributed by atoms with Crippen LogP contribution < -0.4 is 15.5 Å². The van der Waals surface area contributed by atoms with Crippen molar-refractivity contribution < 1.29 is 9.13 Å². The van der Waals surface area contributed by atoms with Crippen molar-refractivity contribution in [1.29, 1.82) is 0 Å². The maximum Gasteiger partial charge on any atom is 0.143 e. The summed E-state index contributed by atoms with van der Waals surface area (Å²) >= 11 is 0. The van der Waals surface area contributed by atoms with Gasteiger partial charge in [0.05, 0.1) is 19.5 Å². The lowest BCUT2D eigenvalue weighted by Crippen LogP contribution is -2.48. The largest absolute Gasteiger partial charge is 0.495 e. The van der Waals surface area contributed by atoms with Crippen LogP contribution in [0.3, 0.4) is 0 Å². The van der Waals surface area contributed by atoms with E-state index in [9.17, 15) is 4.39 Å². The summed E-state index contributed by atoms with van der Waals surface area (Å²) in [5.41, 5.74) is 4.45. The standard InChI is InChI=1S/C19H30FN3O/c1-24-19-5-3-2-4-18(19)22-23-13-9-16(14-17(23)6-10-20)15-7-11-21-12-8-15/h2-5,15-17,21-22H,6-14H2,1H3. The summed E-state index contributed by atoms with van der Waals surface area (Å²) in [4.78, 5) is 0. The molecule has 0 radical (unpaired) electrons. The summed E-state index contributed by atoms with van der Waals surface area (Å²) < 4.78 is 18.5. The number of nitrogens with one attached hydrogen (secondary N) is 2. The summed E-state index contributed by atoms with van der Waals surface area (Å²) in [5.74, 6) is 2.37. The zero-order valence-electron chi connectivity index (χ0n) is 14.6. The molecule has 0 spiro atoms. The van der Waals surface area contributed by atoms with Crippen LogP contribution in [-0.4, -0.2) is 44.5 Å². The number of para-hydroxylation sites is 2. The van der Waals surface area contributed by atoms with Gasteiger partial charge in [-0.1, -0.05) is 12.1 Å². The minimum atomic E-state index is -0.256. The normalized spacial score (nSPS) is 26.2. The Labute approximate surface area is 144 Å². The molecule has 2 fully saturated rings. The van der Waals surface area contributed by atoms with Crippen molar-refractivity contribution in [2.24, 2.45) is 11.8 Å². The van der Waals surface area contributed by atoms with Gasteiger partial charge in [0, 0.05) is 12.6 Å². The van der Waals surface area contributed by atoms with E-state index in [4.69, 9.17) is 4.74 Å². The molecule has 24 heavy (non-hydrogen) atoms. The first-order valence-corrected chi connectivity index (χ1v) is 9.24. The third-order valence-electron chi connectivity index (χ3n) is 5.62. The molecule has 2 heterocycles. The molecule has 3 rings (SSSR count). The van der Waals surface area contributed by atoms with Crippen LogP contribution in [-0.2, 0) is 0 Å². The number of benzene rings is 1. The average Bonchev–Trinajstić information content (AvgIpc) is 2.64. The van der Waals surface area contributed by atoms with Gasteiger partial charge in [-0.3, -0.25) is 4.39 Å². The van der Waals surface area contributed by atoms with E-state index in [2.05, 4.69) is 15.8 Å². The van der Waals surface area contributed by atoms with Crippen LogP contribution in [0.2, 0.25) is 0 Å². The fourth-order valence-electron chi connectivity index (χ4n) is 4.26. The number of hydrazine groups is 1. The smallest absolute Gasteiger partial charge is 0.143 e.